The molecule has 0 amide bonds. The highest BCUT2D eigenvalue weighted by molar-refractivity contribution is 5.36. The molecular weight excluding hydrogens is 152 g/mol. The molecule has 2 heteroatoms. The topological polar surface area (TPSA) is 40.5 Å². The number of aromatic hydroxyl groups is 2. The third-order valence-electron chi connectivity index (χ3n) is 1.68. The molecule has 0 heterocycles. The molecule has 0 aliphatic carbocycles. The van der Waals surface area contributed by atoms with Crippen molar-refractivity contribution in [3.8, 4) is 11.5 Å². The van der Waals surface area contributed by atoms with E-state index in [-0.39, 0.29) is 11.5 Å². The number of hydrogen-bond donors (Lipinski definition) is 2. The predicted octanol–water partition coefficient (Wildman–Crippen LogP) is 2.25. The summed E-state index contributed by atoms with van der Waals surface area (Å²) in [7, 11) is 0. The number of phenols is 2. The molecule has 0 aromatic heterocycles. The fourth-order valence-electron chi connectivity index (χ4n) is 1.11. The van der Waals surface area contributed by atoms with E-state index in [9.17, 15) is 0 Å². The van der Waals surface area contributed by atoms with Crippen LogP contribution < -0.4 is 0 Å². The van der Waals surface area contributed by atoms with E-state index < -0.39 is 0 Å². The number of unbranched alkanes of at least 4 members (excludes halogenated alkanes) is 1. The maximum Gasteiger partial charge on any atom is 0.119 e. The van der Waals surface area contributed by atoms with Crippen molar-refractivity contribution < 1.29 is 10.2 Å². The SMILES string of the molecule is C[CH]CCc1cc(O)cc(O)c1. The first kappa shape index (κ1) is 8.91. The van der Waals surface area contributed by atoms with Gasteiger partial charge in [0.15, 0.2) is 0 Å². The van der Waals surface area contributed by atoms with Crippen LogP contribution >= 0.6 is 0 Å². The summed E-state index contributed by atoms with van der Waals surface area (Å²) < 4.78 is 0. The molecule has 0 bridgehead atoms. The number of rotatable bonds is 3. The predicted molar refractivity (Wildman–Crippen MR) is 48.1 cm³/mol. The van der Waals surface area contributed by atoms with Crippen LogP contribution in [0.2, 0.25) is 0 Å². The highest BCUT2D eigenvalue weighted by Crippen LogP contribution is 2.21. The molecule has 0 saturated carbocycles. The monoisotopic (exact) mass is 165 g/mol. The zero-order chi connectivity index (χ0) is 8.97. The molecule has 12 heavy (non-hydrogen) atoms. The van der Waals surface area contributed by atoms with Crippen LogP contribution in [-0.4, -0.2) is 10.2 Å². The summed E-state index contributed by atoms with van der Waals surface area (Å²) in [6, 6.07) is 4.67. The molecule has 1 rings (SSSR count). The van der Waals surface area contributed by atoms with Gasteiger partial charge in [0.25, 0.3) is 0 Å². The average molecular weight is 165 g/mol. The minimum absolute atomic E-state index is 0.126. The Labute approximate surface area is 72.5 Å². The highest BCUT2D eigenvalue weighted by atomic mass is 16.3. The first-order valence-electron chi connectivity index (χ1n) is 4.02. The highest BCUT2D eigenvalue weighted by Gasteiger charge is 1.97. The van der Waals surface area contributed by atoms with Gasteiger partial charge in [0.2, 0.25) is 0 Å². The Kier molecular flexibility index (Phi) is 2.97. The molecule has 0 unspecified atom stereocenters. The lowest BCUT2D eigenvalue weighted by atomic mass is 10.1. The van der Waals surface area contributed by atoms with Gasteiger partial charge in [0.1, 0.15) is 11.5 Å². The number of aryl methyl sites for hydroxylation is 1. The Balaban J connectivity index is 2.72. The van der Waals surface area contributed by atoms with Gasteiger partial charge in [-0.3, -0.25) is 0 Å². The van der Waals surface area contributed by atoms with Gasteiger partial charge in [0, 0.05) is 6.07 Å². The standard InChI is InChI=1S/C10H13O2/c1-2-3-4-8-5-9(11)7-10(12)6-8/h2,5-7,11-12H,3-4H2,1H3. The Morgan fingerprint density at radius 2 is 1.75 bits per heavy atom. The summed E-state index contributed by atoms with van der Waals surface area (Å²) in [4.78, 5) is 0. The third kappa shape index (κ3) is 2.46. The summed E-state index contributed by atoms with van der Waals surface area (Å²) in [5, 5.41) is 18.2. The van der Waals surface area contributed by atoms with Crippen molar-refractivity contribution in [1.82, 2.24) is 0 Å². The average Bonchev–Trinajstić information content (AvgIpc) is 1.99. The normalized spacial score (nSPS) is 10.1. The summed E-state index contributed by atoms with van der Waals surface area (Å²) in [6.45, 7) is 1.99. The summed E-state index contributed by atoms with van der Waals surface area (Å²) in [6.07, 6.45) is 3.88. The fourth-order valence-corrected chi connectivity index (χ4v) is 1.11. The zero-order valence-corrected chi connectivity index (χ0v) is 7.12. The molecule has 0 aliphatic heterocycles. The van der Waals surface area contributed by atoms with E-state index >= 15 is 0 Å². The van der Waals surface area contributed by atoms with Crippen molar-refractivity contribution in [2.45, 2.75) is 19.8 Å². The van der Waals surface area contributed by atoms with E-state index in [1.165, 1.54) is 6.07 Å². The van der Waals surface area contributed by atoms with E-state index in [4.69, 9.17) is 10.2 Å². The molecule has 0 aliphatic rings. The Hall–Kier alpha value is -1.18. The van der Waals surface area contributed by atoms with Gasteiger partial charge < -0.3 is 10.2 Å². The van der Waals surface area contributed by atoms with Crippen LogP contribution in [0.25, 0.3) is 0 Å². The molecule has 2 N–H and O–H groups in total. The van der Waals surface area contributed by atoms with Crippen LogP contribution in [0.15, 0.2) is 18.2 Å². The lowest BCUT2D eigenvalue weighted by Gasteiger charge is -2.01. The molecule has 2 nitrogen and oxygen atoms in total. The molecular formula is C10H13O2. The van der Waals surface area contributed by atoms with Crippen LogP contribution in [0.3, 0.4) is 0 Å². The van der Waals surface area contributed by atoms with Gasteiger partial charge in [-0.1, -0.05) is 6.92 Å². The molecule has 1 radical (unpaired) electrons. The largest absolute Gasteiger partial charge is 0.508 e. The van der Waals surface area contributed by atoms with Crippen LogP contribution in [0.4, 0.5) is 0 Å². The number of phenolic OH excluding ortho intramolecular Hbond substituents is 2. The van der Waals surface area contributed by atoms with Crippen LogP contribution in [0.1, 0.15) is 18.9 Å². The first-order valence-corrected chi connectivity index (χ1v) is 4.02. The second kappa shape index (κ2) is 4.00. The van der Waals surface area contributed by atoms with Gasteiger partial charge in [0.05, 0.1) is 0 Å². The van der Waals surface area contributed by atoms with E-state index in [1.807, 2.05) is 6.92 Å². The molecule has 0 fully saturated rings. The molecule has 1 aromatic rings. The first-order chi connectivity index (χ1) is 5.72. The molecule has 0 saturated heterocycles. The second-order valence-corrected chi connectivity index (χ2v) is 2.80. The van der Waals surface area contributed by atoms with E-state index in [2.05, 4.69) is 6.42 Å². The second-order valence-electron chi connectivity index (χ2n) is 2.80. The summed E-state index contributed by atoms with van der Waals surface area (Å²) >= 11 is 0. The van der Waals surface area contributed by atoms with E-state index in [0.29, 0.717) is 0 Å². The molecule has 1 aromatic carbocycles. The summed E-state index contributed by atoms with van der Waals surface area (Å²) in [5.41, 5.74) is 0.964. The van der Waals surface area contributed by atoms with Crippen molar-refractivity contribution >= 4 is 0 Å². The molecule has 0 spiro atoms. The van der Waals surface area contributed by atoms with Gasteiger partial charge in [-0.05, 0) is 37.0 Å². The smallest absolute Gasteiger partial charge is 0.119 e. The van der Waals surface area contributed by atoms with Crippen molar-refractivity contribution in [2.24, 2.45) is 0 Å². The third-order valence-corrected chi connectivity index (χ3v) is 1.68. The lowest BCUT2D eigenvalue weighted by molar-refractivity contribution is 0.449. The Morgan fingerprint density at radius 1 is 1.17 bits per heavy atom. The number of benzene rings is 1. The van der Waals surface area contributed by atoms with Crippen molar-refractivity contribution in [3.05, 3.63) is 30.2 Å². The van der Waals surface area contributed by atoms with Crippen LogP contribution in [-0.2, 0) is 6.42 Å². The Morgan fingerprint density at radius 3 is 2.25 bits per heavy atom. The molecule has 65 valence electrons. The maximum absolute atomic E-state index is 9.12. The van der Waals surface area contributed by atoms with Gasteiger partial charge in [-0.2, -0.15) is 0 Å². The quantitative estimate of drug-likeness (QED) is 0.721. The molecule has 0 atom stereocenters. The van der Waals surface area contributed by atoms with E-state index in [1.54, 1.807) is 12.1 Å². The minimum Gasteiger partial charge on any atom is -0.508 e. The van der Waals surface area contributed by atoms with Crippen molar-refractivity contribution in [2.75, 3.05) is 0 Å². The van der Waals surface area contributed by atoms with Crippen molar-refractivity contribution in [3.63, 3.8) is 0 Å². The van der Waals surface area contributed by atoms with Gasteiger partial charge in [-0.15, -0.1) is 0 Å². The van der Waals surface area contributed by atoms with Gasteiger partial charge in [-0.25, -0.2) is 0 Å². The van der Waals surface area contributed by atoms with Crippen LogP contribution in [0.5, 0.6) is 11.5 Å². The van der Waals surface area contributed by atoms with Crippen molar-refractivity contribution in [1.29, 1.82) is 0 Å². The van der Waals surface area contributed by atoms with Crippen LogP contribution in [0, 0.1) is 6.42 Å². The summed E-state index contributed by atoms with van der Waals surface area (Å²) in [5.74, 6) is 0.252. The van der Waals surface area contributed by atoms with E-state index in [0.717, 1.165) is 18.4 Å². The maximum atomic E-state index is 9.12. The fraction of sp³-hybridized carbons (Fsp3) is 0.300. The minimum atomic E-state index is 0.126. The van der Waals surface area contributed by atoms with Gasteiger partial charge >= 0.3 is 0 Å². The number of hydrogen-bond acceptors (Lipinski definition) is 2. The lowest BCUT2D eigenvalue weighted by Crippen LogP contribution is -1.84. The Bertz CT molecular complexity index is 236. The zero-order valence-electron chi connectivity index (χ0n) is 7.12.